The summed E-state index contributed by atoms with van der Waals surface area (Å²) in [4.78, 5) is 23.8. The number of sulfonamides is 1. The van der Waals surface area contributed by atoms with Crippen LogP contribution in [0.25, 0.3) is 0 Å². The molecule has 0 radical (unpaired) electrons. The van der Waals surface area contributed by atoms with Crippen LogP contribution in [-0.2, 0) is 24.3 Å². The van der Waals surface area contributed by atoms with Crippen molar-refractivity contribution in [2.75, 3.05) is 31.6 Å². The van der Waals surface area contributed by atoms with Crippen LogP contribution in [0.15, 0.2) is 23.1 Å². The van der Waals surface area contributed by atoms with Crippen LogP contribution in [0.1, 0.15) is 34.1 Å². The highest BCUT2D eigenvalue weighted by Gasteiger charge is 2.40. The van der Waals surface area contributed by atoms with Gasteiger partial charge < -0.3 is 14.8 Å². The van der Waals surface area contributed by atoms with Crippen LogP contribution >= 0.6 is 0 Å². The molecule has 1 aromatic rings. The average molecular weight is 413 g/mol. The summed E-state index contributed by atoms with van der Waals surface area (Å²) in [5, 5.41) is 2.57. The monoisotopic (exact) mass is 412 g/mol. The Morgan fingerprint density at radius 3 is 2.39 bits per heavy atom. The molecule has 1 amide bonds. The molecule has 0 saturated heterocycles. The minimum Gasteiger partial charge on any atom is -0.492 e. The summed E-state index contributed by atoms with van der Waals surface area (Å²) in [5.41, 5.74) is 0.287. The number of benzene rings is 1. The smallest absolute Gasteiger partial charge is 0.309 e. The zero-order valence-corrected chi connectivity index (χ0v) is 17.5. The van der Waals surface area contributed by atoms with Gasteiger partial charge in [0.15, 0.2) is 6.61 Å². The van der Waals surface area contributed by atoms with Crippen molar-refractivity contribution in [3.8, 4) is 5.75 Å². The van der Waals surface area contributed by atoms with Crippen molar-refractivity contribution in [1.29, 1.82) is 0 Å². The molecule has 28 heavy (non-hydrogen) atoms. The molecule has 1 N–H and O–H groups in total. The summed E-state index contributed by atoms with van der Waals surface area (Å²) in [7, 11) is -3.78. The first kappa shape index (κ1) is 22.2. The maximum atomic E-state index is 12.9. The van der Waals surface area contributed by atoms with Crippen LogP contribution < -0.4 is 10.1 Å². The van der Waals surface area contributed by atoms with E-state index in [0.717, 1.165) is 6.42 Å². The molecular formula is C19H28N2O6S. The molecular weight excluding hydrogens is 384 g/mol. The van der Waals surface area contributed by atoms with E-state index >= 15 is 0 Å². The summed E-state index contributed by atoms with van der Waals surface area (Å²) >= 11 is 0. The molecule has 0 unspecified atom stereocenters. The van der Waals surface area contributed by atoms with Gasteiger partial charge in [-0.3, -0.25) is 9.59 Å². The quantitative estimate of drug-likeness (QED) is 0.592. The van der Waals surface area contributed by atoms with E-state index in [1.54, 1.807) is 26.8 Å². The Kier molecular flexibility index (Phi) is 7.42. The highest BCUT2D eigenvalue weighted by Crippen LogP contribution is 2.38. The van der Waals surface area contributed by atoms with Crippen molar-refractivity contribution >= 4 is 27.6 Å². The molecule has 1 saturated carbocycles. The minimum absolute atomic E-state index is 0.0142. The van der Waals surface area contributed by atoms with Gasteiger partial charge in [0, 0.05) is 18.8 Å². The maximum Gasteiger partial charge on any atom is 0.309 e. The van der Waals surface area contributed by atoms with Gasteiger partial charge in [0.2, 0.25) is 10.0 Å². The van der Waals surface area contributed by atoms with E-state index in [2.05, 4.69) is 5.32 Å². The van der Waals surface area contributed by atoms with E-state index < -0.39 is 22.5 Å². The Balaban J connectivity index is 2.15. The van der Waals surface area contributed by atoms with Crippen molar-refractivity contribution in [2.24, 2.45) is 11.8 Å². The van der Waals surface area contributed by atoms with Gasteiger partial charge in [-0.2, -0.15) is 4.31 Å². The first-order chi connectivity index (χ1) is 13.2. The van der Waals surface area contributed by atoms with Crippen LogP contribution in [0, 0.1) is 11.8 Å². The van der Waals surface area contributed by atoms with Gasteiger partial charge in [-0.05, 0) is 37.5 Å². The number of carbonyl (C=O) groups is 2. The molecule has 1 fully saturated rings. The molecule has 0 spiro atoms. The number of carbonyl (C=O) groups excluding carboxylic acids is 2. The third-order valence-electron chi connectivity index (χ3n) is 4.61. The molecule has 1 aliphatic carbocycles. The van der Waals surface area contributed by atoms with Gasteiger partial charge in [-0.15, -0.1) is 0 Å². The van der Waals surface area contributed by atoms with E-state index in [1.165, 1.54) is 16.4 Å². The second-order valence-corrected chi connectivity index (χ2v) is 8.57. The molecule has 0 heterocycles. The highest BCUT2D eigenvalue weighted by molar-refractivity contribution is 7.89. The number of hydrogen-bond acceptors (Lipinski definition) is 6. The molecule has 0 aromatic heterocycles. The van der Waals surface area contributed by atoms with Crippen LogP contribution in [0.3, 0.4) is 0 Å². The van der Waals surface area contributed by atoms with Crippen molar-refractivity contribution in [3.05, 3.63) is 18.2 Å². The Labute approximate surface area is 166 Å². The van der Waals surface area contributed by atoms with E-state index in [-0.39, 0.29) is 28.2 Å². The maximum absolute atomic E-state index is 12.9. The standard InChI is InChI=1S/C19H28N2O6S/c1-5-21(6-2)28(24,25)17-11-14(8-9-16(17)26-7-3)20-18(22)12-27-19(23)15-10-13(15)4/h8-9,11,13,15H,5-7,10,12H2,1-4H3,(H,20,22)/t13-,15+/m0/s1. The van der Waals surface area contributed by atoms with Gasteiger partial charge in [-0.1, -0.05) is 20.8 Å². The van der Waals surface area contributed by atoms with Gasteiger partial charge in [0.05, 0.1) is 12.5 Å². The number of nitrogens with one attached hydrogen (secondary N) is 1. The topological polar surface area (TPSA) is 102 Å². The summed E-state index contributed by atoms with van der Waals surface area (Å²) < 4.78 is 37.6. The van der Waals surface area contributed by atoms with Crippen molar-refractivity contribution in [2.45, 2.75) is 39.0 Å². The Morgan fingerprint density at radius 2 is 1.86 bits per heavy atom. The molecule has 2 atom stereocenters. The predicted molar refractivity (Wildman–Crippen MR) is 105 cm³/mol. The van der Waals surface area contributed by atoms with Gasteiger partial charge >= 0.3 is 5.97 Å². The van der Waals surface area contributed by atoms with Crippen molar-refractivity contribution in [1.82, 2.24) is 4.31 Å². The zero-order chi connectivity index (χ0) is 20.9. The lowest BCUT2D eigenvalue weighted by atomic mass is 10.3. The summed E-state index contributed by atoms with van der Waals surface area (Å²) in [6, 6.07) is 4.42. The van der Waals surface area contributed by atoms with Gasteiger partial charge in [0.1, 0.15) is 10.6 Å². The average Bonchev–Trinajstić information content (AvgIpc) is 3.38. The Morgan fingerprint density at radius 1 is 1.21 bits per heavy atom. The molecule has 2 rings (SSSR count). The fourth-order valence-corrected chi connectivity index (χ4v) is 4.47. The normalized spacial score (nSPS) is 18.6. The van der Waals surface area contributed by atoms with Crippen LogP contribution in [0.5, 0.6) is 5.75 Å². The van der Waals surface area contributed by atoms with Gasteiger partial charge in [-0.25, -0.2) is 8.42 Å². The number of amides is 1. The van der Waals surface area contributed by atoms with Crippen LogP contribution in [-0.4, -0.2) is 50.9 Å². The molecule has 0 bridgehead atoms. The van der Waals surface area contributed by atoms with Crippen molar-refractivity contribution < 1.29 is 27.5 Å². The minimum atomic E-state index is -3.78. The summed E-state index contributed by atoms with van der Waals surface area (Å²) in [6.45, 7) is 7.75. The van der Waals surface area contributed by atoms with E-state index in [9.17, 15) is 18.0 Å². The van der Waals surface area contributed by atoms with E-state index in [4.69, 9.17) is 9.47 Å². The largest absolute Gasteiger partial charge is 0.492 e. The summed E-state index contributed by atoms with van der Waals surface area (Å²) in [5.74, 6) is -0.503. The third kappa shape index (κ3) is 5.23. The lowest BCUT2D eigenvalue weighted by Crippen LogP contribution is -2.31. The second-order valence-electron chi connectivity index (χ2n) is 6.66. The molecule has 9 heteroatoms. The highest BCUT2D eigenvalue weighted by atomic mass is 32.2. The predicted octanol–water partition coefficient (Wildman–Crippen LogP) is 2.25. The van der Waals surface area contributed by atoms with E-state index in [1.807, 2.05) is 6.92 Å². The number of esters is 1. The van der Waals surface area contributed by atoms with Crippen molar-refractivity contribution in [3.63, 3.8) is 0 Å². The zero-order valence-electron chi connectivity index (χ0n) is 16.7. The fourth-order valence-electron chi connectivity index (χ4n) is 2.86. The SMILES string of the molecule is CCOc1ccc(NC(=O)COC(=O)[C@@H]2C[C@@H]2C)cc1S(=O)(=O)N(CC)CC. The number of anilines is 1. The number of hydrogen-bond donors (Lipinski definition) is 1. The number of nitrogens with zero attached hydrogens (tertiary/aromatic N) is 1. The van der Waals surface area contributed by atoms with Crippen LogP contribution in [0.2, 0.25) is 0 Å². The second kappa shape index (κ2) is 9.38. The first-order valence-electron chi connectivity index (χ1n) is 9.48. The number of rotatable bonds is 10. The number of ether oxygens (including phenoxy) is 2. The lowest BCUT2D eigenvalue weighted by molar-refractivity contribution is -0.148. The Bertz CT molecular complexity index is 820. The molecule has 0 aliphatic heterocycles. The Hall–Kier alpha value is -2.13. The summed E-state index contributed by atoms with van der Waals surface area (Å²) in [6.07, 6.45) is 0.784. The van der Waals surface area contributed by atoms with Crippen LogP contribution in [0.4, 0.5) is 5.69 Å². The fraction of sp³-hybridized carbons (Fsp3) is 0.579. The lowest BCUT2D eigenvalue weighted by Gasteiger charge is -2.21. The van der Waals surface area contributed by atoms with Gasteiger partial charge in [0.25, 0.3) is 5.91 Å². The molecule has 1 aromatic carbocycles. The molecule has 1 aliphatic rings. The third-order valence-corrected chi connectivity index (χ3v) is 6.68. The first-order valence-corrected chi connectivity index (χ1v) is 10.9. The van der Waals surface area contributed by atoms with E-state index in [0.29, 0.717) is 25.6 Å². The molecule has 156 valence electrons. The molecule has 8 nitrogen and oxygen atoms in total.